The maximum Gasteiger partial charge on any atom is 0.233 e. The normalized spacial score (nSPS) is 18.5. The quantitative estimate of drug-likeness (QED) is 0.292. The summed E-state index contributed by atoms with van der Waals surface area (Å²) < 4.78 is 0. The molecule has 1 atom stereocenters. The summed E-state index contributed by atoms with van der Waals surface area (Å²) in [4.78, 5) is 42.4. The van der Waals surface area contributed by atoms with Crippen LogP contribution in [-0.2, 0) is 9.59 Å². The van der Waals surface area contributed by atoms with Crippen LogP contribution in [0.1, 0.15) is 26.7 Å². The van der Waals surface area contributed by atoms with Gasteiger partial charge in [-0.05, 0) is 25.5 Å². The Morgan fingerprint density at radius 2 is 1.72 bits per heavy atom. The Bertz CT molecular complexity index is 1080. The van der Waals surface area contributed by atoms with Crippen LogP contribution in [-0.4, -0.2) is 89.2 Å². The largest absolute Gasteiger partial charge is 0.367 e. The summed E-state index contributed by atoms with van der Waals surface area (Å²) in [6, 6.07) is 9.62. The lowest BCUT2D eigenvalue weighted by atomic mass is 10.1. The summed E-state index contributed by atoms with van der Waals surface area (Å²) >= 11 is 13.9. The van der Waals surface area contributed by atoms with Crippen molar-refractivity contribution in [2.75, 3.05) is 61.4 Å². The lowest BCUT2D eigenvalue weighted by Crippen LogP contribution is -2.54. The molecule has 11 heteroatoms. The number of thioether (sulfide) groups is 1. The van der Waals surface area contributed by atoms with E-state index in [1.165, 1.54) is 11.8 Å². The second kappa shape index (κ2) is 12.3. The second-order valence-electron chi connectivity index (χ2n) is 9.07. The highest BCUT2D eigenvalue weighted by atomic mass is 35.5. The molecule has 0 saturated carbocycles. The van der Waals surface area contributed by atoms with Crippen molar-refractivity contribution < 1.29 is 9.59 Å². The van der Waals surface area contributed by atoms with Crippen LogP contribution < -0.4 is 9.80 Å². The third-order valence-electron chi connectivity index (χ3n) is 6.55. The van der Waals surface area contributed by atoms with Crippen LogP contribution in [0.4, 0.5) is 11.5 Å². The Labute approximate surface area is 226 Å². The van der Waals surface area contributed by atoms with E-state index in [2.05, 4.69) is 26.7 Å². The number of aromatic nitrogens is 2. The van der Waals surface area contributed by atoms with Gasteiger partial charge >= 0.3 is 0 Å². The molecular weight excluding hydrogens is 519 g/mol. The minimum Gasteiger partial charge on any atom is -0.367 e. The number of rotatable bonds is 7. The number of carbonyl (C=O) groups excluding carboxylic acids is 2. The number of halogens is 2. The molecule has 1 unspecified atom stereocenters. The van der Waals surface area contributed by atoms with E-state index in [1.807, 2.05) is 41.0 Å². The molecule has 36 heavy (non-hydrogen) atoms. The molecule has 0 aliphatic carbocycles. The third-order valence-corrected chi connectivity index (χ3v) is 7.89. The Kier molecular flexibility index (Phi) is 9.19. The molecule has 1 aromatic carbocycles. The average Bonchev–Trinajstić information content (AvgIpc) is 2.87. The maximum atomic E-state index is 12.9. The highest BCUT2D eigenvalue weighted by Crippen LogP contribution is 2.27. The van der Waals surface area contributed by atoms with Gasteiger partial charge < -0.3 is 19.6 Å². The van der Waals surface area contributed by atoms with Crippen LogP contribution in [0.2, 0.25) is 10.2 Å². The van der Waals surface area contributed by atoms with Crippen molar-refractivity contribution >= 4 is 58.3 Å². The Morgan fingerprint density at radius 3 is 2.42 bits per heavy atom. The summed E-state index contributed by atoms with van der Waals surface area (Å²) in [6.45, 7) is 8.87. The van der Waals surface area contributed by atoms with Gasteiger partial charge in [-0.3, -0.25) is 9.59 Å². The summed E-state index contributed by atoms with van der Waals surface area (Å²) in [5, 5.41) is 1.56. The van der Waals surface area contributed by atoms with Gasteiger partial charge in [0.25, 0.3) is 0 Å². The van der Waals surface area contributed by atoms with E-state index in [0.717, 1.165) is 36.0 Å². The minimum atomic E-state index is 0.0561. The van der Waals surface area contributed by atoms with E-state index in [9.17, 15) is 9.59 Å². The monoisotopic (exact) mass is 550 g/mol. The van der Waals surface area contributed by atoms with Crippen LogP contribution >= 0.6 is 35.0 Å². The first-order valence-corrected chi connectivity index (χ1v) is 14.1. The van der Waals surface area contributed by atoms with Crippen LogP contribution in [0.15, 0.2) is 35.5 Å². The van der Waals surface area contributed by atoms with Gasteiger partial charge in [0.05, 0.1) is 16.5 Å². The molecule has 0 N–H and O–H groups in total. The molecule has 0 spiro atoms. The number of amides is 2. The summed E-state index contributed by atoms with van der Waals surface area (Å²) in [6.07, 6.45) is 1.43. The maximum absolute atomic E-state index is 12.9. The zero-order chi connectivity index (χ0) is 25.7. The third kappa shape index (κ3) is 6.55. The molecule has 2 aliphatic rings. The van der Waals surface area contributed by atoms with Crippen molar-refractivity contribution in [3.63, 3.8) is 0 Å². The standard InChI is InChI=1S/C25H32Cl2N6O2S/c1-3-6-23(34)33-14-13-32(16-18(33)2)22-15-21(27)28-25(29-22)36-17-24(35)31-11-9-30(10-12-31)20-8-5-4-7-19(20)26/h4-5,7-8,15,18H,3,6,9-14,16-17H2,1-2H3. The number of carbonyl (C=O) groups is 2. The van der Waals surface area contributed by atoms with E-state index in [4.69, 9.17) is 23.2 Å². The smallest absolute Gasteiger partial charge is 0.233 e. The first-order valence-electron chi connectivity index (χ1n) is 12.3. The van der Waals surface area contributed by atoms with Gasteiger partial charge in [-0.25, -0.2) is 9.97 Å². The van der Waals surface area contributed by atoms with Crippen molar-refractivity contribution in [1.29, 1.82) is 0 Å². The fourth-order valence-electron chi connectivity index (χ4n) is 4.63. The molecule has 3 heterocycles. The molecule has 2 saturated heterocycles. The van der Waals surface area contributed by atoms with Gasteiger partial charge in [-0.15, -0.1) is 0 Å². The van der Waals surface area contributed by atoms with Crippen LogP contribution in [0.3, 0.4) is 0 Å². The molecule has 8 nitrogen and oxygen atoms in total. The lowest BCUT2D eigenvalue weighted by molar-refractivity contribution is -0.133. The van der Waals surface area contributed by atoms with Crippen LogP contribution in [0.25, 0.3) is 0 Å². The highest BCUT2D eigenvalue weighted by Gasteiger charge is 2.28. The Balaban J connectivity index is 1.31. The molecule has 2 fully saturated rings. The molecule has 0 bridgehead atoms. The van der Waals surface area contributed by atoms with Gasteiger partial charge in [0.1, 0.15) is 11.0 Å². The number of nitrogens with zero attached hydrogens (tertiary/aromatic N) is 6. The highest BCUT2D eigenvalue weighted by molar-refractivity contribution is 7.99. The van der Waals surface area contributed by atoms with Gasteiger partial charge in [0, 0.05) is 64.3 Å². The summed E-state index contributed by atoms with van der Waals surface area (Å²) in [7, 11) is 0. The number of piperazine rings is 2. The first kappa shape index (κ1) is 26.8. The fraction of sp³-hybridized carbons (Fsp3) is 0.520. The number of anilines is 2. The van der Waals surface area contributed by atoms with Crippen molar-refractivity contribution in [2.24, 2.45) is 0 Å². The van der Waals surface area contributed by atoms with Crippen LogP contribution in [0.5, 0.6) is 0 Å². The number of benzene rings is 1. The number of hydrogen-bond acceptors (Lipinski definition) is 7. The SMILES string of the molecule is CCCC(=O)N1CCN(c2cc(Cl)nc(SCC(=O)N3CCN(c4ccccc4Cl)CC3)n2)CC1C. The van der Waals surface area contributed by atoms with Crippen molar-refractivity contribution in [2.45, 2.75) is 37.9 Å². The van der Waals surface area contributed by atoms with E-state index in [-0.39, 0.29) is 23.6 Å². The molecular formula is C25H32Cl2N6O2S. The fourth-order valence-corrected chi connectivity index (χ4v) is 5.87. The van der Waals surface area contributed by atoms with Crippen molar-refractivity contribution in [1.82, 2.24) is 19.8 Å². The predicted molar refractivity (Wildman–Crippen MR) is 146 cm³/mol. The summed E-state index contributed by atoms with van der Waals surface area (Å²) in [5.74, 6) is 1.24. The Morgan fingerprint density at radius 1 is 1.00 bits per heavy atom. The number of hydrogen-bond donors (Lipinski definition) is 0. The molecule has 2 aliphatic heterocycles. The predicted octanol–water partition coefficient (Wildman–Crippen LogP) is 4.06. The van der Waals surface area contributed by atoms with Crippen molar-refractivity contribution in [3.8, 4) is 0 Å². The Hall–Kier alpha value is -2.23. The molecule has 0 radical (unpaired) electrons. The molecule has 4 rings (SSSR count). The van der Waals surface area contributed by atoms with Gasteiger partial charge in [-0.2, -0.15) is 0 Å². The van der Waals surface area contributed by atoms with Gasteiger partial charge in [-0.1, -0.05) is 54.0 Å². The second-order valence-corrected chi connectivity index (χ2v) is 10.8. The molecule has 2 amide bonds. The summed E-state index contributed by atoms with van der Waals surface area (Å²) in [5.41, 5.74) is 1.00. The zero-order valence-corrected chi connectivity index (χ0v) is 23.0. The van der Waals surface area contributed by atoms with Gasteiger partial charge in [0.15, 0.2) is 5.16 Å². The van der Waals surface area contributed by atoms with Crippen molar-refractivity contribution in [3.05, 3.63) is 40.5 Å². The minimum absolute atomic E-state index is 0.0561. The van der Waals surface area contributed by atoms with E-state index in [0.29, 0.717) is 49.5 Å². The first-order chi connectivity index (χ1) is 17.4. The lowest BCUT2D eigenvalue weighted by Gasteiger charge is -2.40. The average molecular weight is 552 g/mol. The molecule has 1 aromatic heterocycles. The van der Waals surface area contributed by atoms with Gasteiger partial charge in [0.2, 0.25) is 11.8 Å². The van der Waals surface area contributed by atoms with E-state index >= 15 is 0 Å². The molecule has 2 aromatic rings. The topological polar surface area (TPSA) is 72.9 Å². The molecule has 194 valence electrons. The number of para-hydroxylation sites is 1. The van der Waals surface area contributed by atoms with E-state index in [1.54, 1.807) is 6.07 Å². The van der Waals surface area contributed by atoms with Crippen LogP contribution in [0, 0.1) is 0 Å². The zero-order valence-electron chi connectivity index (χ0n) is 20.7. The van der Waals surface area contributed by atoms with E-state index < -0.39 is 0 Å².